The van der Waals surface area contributed by atoms with Crippen LogP contribution in [-0.4, -0.2) is 93.7 Å². The Morgan fingerprint density at radius 3 is 1.93 bits per heavy atom. The number of hydrogen-bond donors (Lipinski definition) is 2. The second-order valence-corrected chi connectivity index (χ2v) is 13.1. The van der Waals surface area contributed by atoms with Crippen molar-refractivity contribution in [1.29, 1.82) is 0 Å². The van der Waals surface area contributed by atoms with Crippen LogP contribution in [0.15, 0.2) is 30.3 Å². The van der Waals surface area contributed by atoms with Gasteiger partial charge >= 0.3 is 18.0 Å². The Hall–Kier alpha value is -3.18. The van der Waals surface area contributed by atoms with Crippen LogP contribution in [0.3, 0.4) is 0 Å². The monoisotopic (exact) mass is 608 g/mol. The number of nitrogens with zero attached hydrogens (tertiary/aromatic N) is 2. The second-order valence-electron chi connectivity index (χ2n) is 13.1. The lowest BCUT2D eigenvalue weighted by atomic mass is 9.89. The van der Waals surface area contributed by atoms with Gasteiger partial charge in [0, 0.05) is 20.5 Å². The van der Waals surface area contributed by atoms with Gasteiger partial charge in [-0.1, -0.05) is 58.0 Å². The lowest BCUT2D eigenvalue weighted by Crippen LogP contribution is -2.57. The molecule has 2 N–H and O–H groups in total. The van der Waals surface area contributed by atoms with Crippen molar-refractivity contribution in [3.63, 3.8) is 0 Å². The number of aliphatic carboxylic acids is 1. The van der Waals surface area contributed by atoms with Crippen LogP contribution in [0, 0.1) is 11.8 Å². The number of aliphatic hydroxyl groups excluding tert-OH is 1. The predicted octanol–water partition coefficient (Wildman–Crippen LogP) is 4.49. The van der Waals surface area contributed by atoms with Crippen molar-refractivity contribution < 1.29 is 43.6 Å². The Bertz CT molecular complexity index is 1070. The quantitative estimate of drug-likeness (QED) is 0.217. The van der Waals surface area contributed by atoms with Gasteiger partial charge in [0.1, 0.15) is 11.1 Å². The summed E-state index contributed by atoms with van der Waals surface area (Å²) < 4.78 is 16.7. The molecular weight excluding hydrogens is 556 g/mol. The van der Waals surface area contributed by atoms with Crippen LogP contribution in [0.1, 0.15) is 80.7 Å². The number of benzene rings is 1. The van der Waals surface area contributed by atoms with Crippen molar-refractivity contribution in [2.45, 2.75) is 117 Å². The summed E-state index contributed by atoms with van der Waals surface area (Å²) in [5, 5.41) is 20.8. The molecule has 2 amide bonds. The average Bonchev–Trinajstić information content (AvgIpc) is 2.88. The topological polar surface area (TPSA) is 143 Å². The molecule has 0 saturated heterocycles. The van der Waals surface area contributed by atoms with Gasteiger partial charge in [-0.25, -0.2) is 14.4 Å². The third-order valence-electron chi connectivity index (χ3n) is 7.01. The molecule has 0 aromatic heterocycles. The number of aliphatic hydroxyl groups is 1. The molecule has 11 nitrogen and oxygen atoms in total. The Morgan fingerprint density at radius 1 is 0.907 bits per heavy atom. The first-order chi connectivity index (χ1) is 19.7. The zero-order chi connectivity index (χ0) is 33.3. The van der Waals surface area contributed by atoms with Crippen molar-refractivity contribution in [1.82, 2.24) is 9.80 Å². The zero-order valence-corrected chi connectivity index (χ0v) is 27.6. The van der Waals surface area contributed by atoms with E-state index in [0.29, 0.717) is 5.56 Å². The molecule has 0 spiro atoms. The van der Waals surface area contributed by atoms with Crippen LogP contribution < -0.4 is 0 Å². The highest BCUT2D eigenvalue weighted by molar-refractivity contribution is 5.89. The van der Waals surface area contributed by atoms with E-state index in [1.807, 2.05) is 33.8 Å². The number of carbonyl (C=O) groups excluding carboxylic acids is 3. The molecule has 0 radical (unpaired) electrons. The molecule has 0 aliphatic heterocycles. The normalized spacial score (nSPS) is 16.0. The van der Waals surface area contributed by atoms with Gasteiger partial charge in [-0.3, -0.25) is 9.69 Å². The lowest BCUT2D eigenvalue weighted by molar-refractivity contribution is -0.195. The number of carboxylic acids is 1. The minimum absolute atomic E-state index is 0.00287. The molecule has 1 unspecified atom stereocenters. The van der Waals surface area contributed by atoms with E-state index in [-0.39, 0.29) is 31.1 Å². The first-order valence-corrected chi connectivity index (χ1v) is 14.7. The van der Waals surface area contributed by atoms with Gasteiger partial charge in [0.05, 0.1) is 6.04 Å². The Balaban J connectivity index is 3.15. The van der Waals surface area contributed by atoms with E-state index in [2.05, 4.69) is 0 Å². The molecule has 0 bridgehead atoms. The van der Waals surface area contributed by atoms with Crippen LogP contribution in [0.5, 0.6) is 0 Å². The van der Waals surface area contributed by atoms with Crippen LogP contribution in [-0.2, 0) is 35.0 Å². The van der Waals surface area contributed by atoms with Crippen LogP contribution in [0.25, 0.3) is 0 Å². The molecule has 1 aromatic carbocycles. The fourth-order valence-electron chi connectivity index (χ4n) is 4.70. The molecule has 0 saturated carbocycles. The maximum absolute atomic E-state index is 13.5. The molecule has 43 heavy (non-hydrogen) atoms. The highest BCUT2D eigenvalue weighted by atomic mass is 16.6. The van der Waals surface area contributed by atoms with Crippen molar-refractivity contribution in [2.75, 3.05) is 14.1 Å². The third kappa shape index (κ3) is 11.8. The second kappa shape index (κ2) is 16.0. The van der Waals surface area contributed by atoms with Gasteiger partial charge in [0.15, 0.2) is 18.5 Å². The van der Waals surface area contributed by atoms with E-state index >= 15 is 0 Å². The van der Waals surface area contributed by atoms with Gasteiger partial charge in [-0.2, -0.15) is 0 Å². The standard InChI is InChI=1S/C32H52N2O9/c1-20(2)17-24(28(38)42-25(27(36)37)18-23-15-13-12-14-16-23)33(10)26(35)22(5)41-29(39)32(9,19-21(3)4)34(11)30(40)43-31(6,7)8/h12-16,20-22,24-25,28,38H,17-19H2,1-11H3,(H,36,37)/t22-,24+,25-,28?,32+/m1/s1. The molecule has 5 atom stereocenters. The van der Waals surface area contributed by atoms with Crippen molar-refractivity contribution >= 4 is 23.9 Å². The zero-order valence-electron chi connectivity index (χ0n) is 27.6. The van der Waals surface area contributed by atoms with Gasteiger partial charge in [0.2, 0.25) is 0 Å². The SMILES string of the molecule is CC(C)C[C@@H](C(O)O[C@H](Cc1ccccc1)C(=O)O)N(C)C(=O)[C@@H](C)OC(=O)[C@](C)(CC(C)C)N(C)C(=O)OC(C)(C)C. The fourth-order valence-corrected chi connectivity index (χ4v) is 4.70. The minimum atomic E-state index is -1.63. The number of amides is 2. The largest absolute Gasteiger partial charge is 0.479 e. The number of rotatable bonds is 15. The van der Waals surface area contributed by atoms with E-state index in [9.17, 15) is 29.4 Å². The number of hydrogen-bond acceptors (Lipinski definition) is 8. The number of esters is 1. The summed E-state index contributed by atoms with van der Waals surface area (Å²) in [7, 11) is 2.90. The molecule has 0 heterocycles. The van der Waals surface area contributed by atoms with Crippen molar-refractivity contribution in [2.24, 2.45) is 11.8 Å². The molecule has 0 aliphatic carbocycles. The van der Waals surface area contributed by atoms with E-state index in [0.717, 1.165) is 0 Å². The molecule has 0 aliphatic rings. The number of carbonyl (C=O) groups is 4. The summed E-state index contributed by atoms with van der Waals surface area (Å²) in [5.41, 5.74) is -1.50. The molecule has 1 rings (SSSR count). The Labute approximate surface area is 256 Å². The molecule has 244 valence electrons. The van der Waals surface area contributed by atoms with E-state index in [1.165, 1.54) is 30.8 Å². The summed E-state index contributed by atoms with van der Waals surface area (Å²) in [6, 6.07) is 7.95. The summed E-state index contributed by atoms with van der Waals surface area (Å²) in [6.45, 7) is 15.7. The smallest absolute Gasteiger partial charge is 0.410 e. The van der Waals surface area contributed by atoms with Gasteiger partial charge in [-0.15, -0.1) is 0 Å². The van der Waals surface area contributed by atoms with E-state index in [1.54, 1.807) is 52.0 Å². The summed E-state index contributed by atoms with van der Waals surface area (Å²) in [5.74, 6) is -2.65. The summed E-state index contributed by atoms with van der Waals surface area (Å²) in [4.78, 5) is 54.3. The molecule has 1 aromatic rings. The van der Waals surface area contributed by atoms with Crippen LogP contribution >= 0.6 is 0 Å². The minimum Gasteiger partial charge on any atom is -0.479 e. The summed E-state index contributed by atoms with van der Waals surface area (Å²) in [6.07, 6.45) is -4.42. The van der Waals surface area contributed by atoms with E-state index < -0.39 is 59.6 Å². The predicted molar refractivity (Wildman–Crippen MR) is 162 cm³/mol. The highest BCUT2D eigenvalue weighted by Gasteiger charge is 2.45. The molecule has 0 fully saturated rings. The van der Waals surface area contributed by atoms with Crippen molar-refractivity contribution in [3.8, 4) is 0 Å². The number of ether oxygens (including phenoxy) is 3. The first kappa shape index (κ1) is 37.8. The Morgan fingerprint density at radius 2 is 1.47 bits per heavy atom. The maximum atomic E-state index is 13.5. The van der Waals surface area contributed by atoms with Gasteiger partial charge in [0.25, 0.3) is 5.91 Å². The highest BCUT2D eigenvalue weighted by Crippen LogP contribution is 2.28. The average molecular weight is 609 g/mol. The van der Waals surface area contributed by atoms with Crippen LogP contribution in [0.2, 0.25) is 0 Å². The van der Waals surface area contributed by atoms with Crippen molar-refractivity contribution in [3.05, 3.63) is 35.9 Å². The lowest BCUT2D eigenvalue weighted by Gasteiger charge is -2.39. The Kier molecular flexibility index (Phi) is 14.1. The van der Waals surface area contributed by atoms with E-state index in [4.69, 9.17) is 14.2 Å². The van der Waals surface area contributed by atoms with Gasteiger partial charge < -0.3 is 29.3 Å². The van der Waals surface area contributed by atoms with Gasteiger partial charge in [-0.05, 0) is 64.9 Å². The number of likely N-dealkylation sites (N-methyl/N-ethyl adjacent to an activating group) is 2. The molecular formula is C32H52N2O9. The fraction of sp³-hybridized carbons (Fsp3) is 0.688. The third-order valence-corrected chi connectivity index (χ3v) is 7.01. The summed E-state index contributed by atoms with van der Waals surface area (Å²) >= 11 is 0. The molecule has 11 heteroatoms. The number of carboxylic acid groups (broad SMARTS) is 1. The first-order valence-electron chi connectivity index (χ1n) is 14.7. The van der Waals surface area contributed by atoms with Crippen LogP contribution in [0.4, 0.5) is 4.79 Å². The maximum Gasteiger partial charge on any atom is 0.410 e.